The number of anilines is 2. The van der Waals surface area contributed by atoms with Crippen molar-refractivity contribution in [2.75, 3.05) is 73.7 Å². The zero-order chi connectivity index (χ0) is 49.8. The molecule has 2 aromatic carbocycles. The Bertz CT molecular complexity index is 2500. The van der Waals surface area contributed by atoms with Crippen molar-refractivity contribution in [3.05, 3.63) is 119 Å². The number of aliphatic hydroxyl groups is 1. The minimum atomic E-state index is 0.00428. The summed E-state index contributed by atoms with van der Waals surface area (Å²) < 4.78 is 1.22. The van der Waals surface area contributed by atoms with Crippen molar-refractivity contribution in [2.45, 2.75) is 86.0 Å². The van der Waals surface area contributed by atoms with E-state index in [1.165, 1.54) is 60.7 Å². The molecule has 2 amide bonds. The number of nitrogens with one attached hydrogen (secondary N) is 2. The van der Waals surface area contributed by atoms with Gasteiger partial charge >= 0.3 is 0 Å². The SMILES string of the molecule is C=CC(=O)N1CCN(c2ncnc3c2C[C@@H](C)[C@H](c2c(C)ccc4[nH]ncc24)C3)CC1.C=CC(=O)N1CCN(c2ncnc3c2C[C@@H](C)[C@H](c2c(C)ccc4[nH]ncc24)C3)CC1.CC.CCI.CO. The van der Waals surface area contributed by atoms with E-state index in [4.69, 9.17) is 15.1 Å². The molecule has 4 atom stereocenters. The lowest BCUT2D eigenvalue weighted by molar-refractivity contribution is -0.127. The zero-order valence-corrected chi connectivity index (χ0v) is 44.0. The number of rotatable bonds is 6. The highest BCUT2D eigenvalue weighted by Crippen LogP contribution is 2.44. The topological polar surface area (TPSA) is 176 Å². The molecular formula is C53H71IN12O3. The number of carbonyl (C=O) groups is 2. The van der Waals surface area contributed by atoms with Gasteiger partial charge in [0.2, 0.25) is 11.8 Å². The number of benzene rings is 2. The number of halogens is 1. The summed E-state index contributed by atoms with van der Waals surface area (Å²) in [6.07, 6.45) is 13.8. The number of aryl methyl sites for hydroxylation is 2. The van der Waals surface area contributed by atoms with E-state index in [-0.39, 0.29) is 11.8 Å². The molecule has 3 N–H and O–H groups in total. The molecule has 15 nitrogen and oxygen atoms in total. The normalized spacial score (nSPS) is 19.5. The van der Waals surface area contributed by atoms with E-state index in [9.17, 15) is 9.59 Å². The molecule has 10 rings (SSSR count). The van der Waals surface area contributed by atoms with Crippen LogP contribution in [0, 0.1) is 25.7 Å². The van der Waals surface area contributed by atoms with Crippen LogP contribution in [0.3, 0.4) is 0 Å². The molecule has 2 fully saturated rings. The summed E-state index contributed by atoms with van der Waals surface area (Å²) in [5.41, 5.74) is 12.4. The van der Waals surface area contributed by atoms with Crippen molar-refractivity contribution in [3.63, 3.8) is 0 Å². The van der Waals surface area contributed by atoms with Crippen LogP contribution in [-0.4, -0.2) is 131 Å². The van der Waals surface area contributed by atoms with Crippen molar-refractivity contribution in [1.29, 1.82) is 0 Å². The Balaban J connectivity index is 0.000000201. The lowest BCUT2D eigenvalue weighted by Crippen LogP contribution is -2.49. The van der Waals surface area contributed by atoms with E-state index in [0.717, 1.165) is 93.0 Å². The highest BCUT2D eigenvalue weighted by Gasteiger charge is 2.35. The van der Waals surface area contributed by atoms with E-state index in [1.807, 2.05) is 36.0 Å². The Kier molecular flexibility index (Phi) is 18.8. The van der Waals surface area contributed by atoms with Crippen LogP contribution in [0.4, 0.5) is 11.6 Å². The third-order valence-corrected chi connectivity index (χ3v) is 13.9. The van der Waals surface area contributed by atoms with Crippen LogP contribution in [-0.2, 0) is 35.3 Å². The number of fused-ring (bicyclic) bond motifs is 4. The van der Waals surface area contributed by atoms with Crippen molar-refractivity contribution in [1.82, 2.24) is 50.1 Å². The fraction of sp³-hybridized carbons (Fsp3) is 0.472. The molecule has 0 spiro atoms. The Morgan fingerprint density at radius 3 is 1.36 bits per heavy atom. The van der Waals surface area contributed by atoms with E-state index in [1.54, 1.807) is 12.7 Å². The molecule has 0 saturated carbocycles. The predicted molar refractivity (Wildman–Crippen MR) is 286 cm³/mol. The fourth-order valence-corrected chi connectivity index (χ4v) is 10.5. The average molecular weight is 1050 g/mol. The number of nitrogens with zero attached hydrogens (tertiary/aromatic N) is 10. The summed E-state index contributed by atoms with van der Waals surface area (Å²) >= 11 is 2.29. The van der Waals surface area contributed by atoms with Crippen LogP contribution >= 0.6 is 22.6 Å². The predicted octanol–water partition coefficient (Wildman–Crippen LogP) is 8.10. The maximum Gasteiger partial charge on any atom is 0.246 e. The van der Waals surface area contributed by atoms with Gasteiger partial charge in [0.15, 0.2) is 0 Å². The maximum absolute atomic E-state index is 11.9. The molecule has 2 aliphatic heterocycles. The Morgan fingerprint density at radius 1 is 0.652 bits per heavy atom. The monoisotopic (exact) mass is 1050 g/mol. The second-order valence-electron chi connectivity index (χ2n) is 17.8. The van der Waals surface area contributed by atoms with Gasteiger partial charge in [-0.2, -0.15) is 10.2 Å². The van der Waals surface area contributed by atoms with Crippen LogP contribution in [0.15, 0.2) is 74.6 Å². The van der Waals surface area contributed by atoms with Crippen molar-refractivity contribution < 1.29 is 14.7 Å². The standard InChI is InChI=1S/2C24H28N6O.C2H5I.C2H6.CH4O/c2*1-4-22(31)29-7-9-30(10-8-29)24-18-11-16(3)17(12-21(18)25-14-26-24)23-15(2)5-6-20-19(23)13-27-28-20;1-2-3;2*1-2/h2*4-6,13-14,16-17H,1,7-12H2,2-3H3,(H,27,28);2H2,1H3;1-2H3;2H,1H3/t2*16-,17-;;;/m11.../s1. The van der Waals surface area contributed by atoms with Gasteiger partial charge in [-0.05, 0) is 114 Å². The van der Waals surface area contributed by atoms with Crippen molar-refractivity contribution in [3.8, 4) is 0 Å². The average Bonchev–Trinajstić information content (AvgIpc) is 4.08. The van der Waals surface area contributed by atoms with Crippen LogP contribution in [0.25, 0.3) is 21.8 Å². The number of hydrogen-bond donors (Lipinski definition) is 3. The Hall–Kier alpha value is -5.75. The summed E-state index contributed by atoms with van der Waals surface area (Å²) in [6.45, 7) is 28.3. The number of alkyl halides is 1. The first-order valence-electron chi connectivity index (χ1n) is 24.4. The van der Waals surface area contributed by atoms with Crippen LogP contribution in [0.2, 0.25) is 0 Å². The molecule has 2 aliphatic carbocycles. The third kappa shape index (κ3) is 11.5. The van der Waals surface area contributed by atoms with E-state index in [2.05, 4.69) is 135 Å². The van der Waals surface area contributed by atoms with Crippen LogP contribution in [0.1, 0.15) is 91.2 Å². The number of H-pyrrole nitrogens is 2. The lowest BCUT2D eigenvalue weighted by atomic mass is 9.73. The molecule has 0 bridgehead atoms. The lowest BCUT2D eigenvalue weighted by Gasteiger charge is -2.38. The van der Waals surface area contributed by atoms with Crippen LogP contribution < -0.4 is 9.80 Å². The first-order chi connectivity index (χ1) is 33.5. The number of piperazine rings is 2. The van der Waals surface area contributed by atoms with Gasteiger partial charge in [-0.3, -0.25) is 19.8 Å². The molecule has 4 aliphatic rings. The van der Waals surface area contributed by atoms with Gasteiger partial charge in [-0.1, -0.05) is 82.5 Å². The Labute approximate surface area is 421 Å². The summed E-state index contributed by atoms with van der Waals surface area (Å²) in [5, 5.41) is 24.2. The number of aliphatic hydroxyl groups excluding tert-OH is 1. The summed E-state index contributed by atoms with van der Waals surface area (Å²) in [6, 6.07) is 8.60. The first kappa shape index (κ1) is 52.6. The molecule has 69 heavy (non-hydrogen) atoms. The first-order valence-corrected chi connectivity index (χ1v) is 25.9. The summed E-state index contributed by atoms with van der Waals surface area (Å²) in [5.74, 6) is 3.84. The molecule has 0 unspecified atom stereocenters. The van der Waals surface area contributed by atoms with Crippen molar-refractivity contribution >= 4 is 67.8 Å². The number of amides is 2. The third-order valence-electron chi connectivity index (χ3n) is 13.9. The highest BCUT2D eigenvalue weighted by atomic mass is 127. The smallest absolute Gasteiger partial charge is 0.246 e. The molecule has 6 aromatic rings. The van der Waals surface area contributed by atoms with Crippen LogP contribution in [0.5, 0.6) is 0 Å². The quantitative estimate of drug-likeness (QED) is 0.0835. The molecule has 368 valence electrons. The minimum Gasteiger partial charge on any atom is -0.400 e. The van der Waals surface area contributed by atoms with Gasteiger partial charge in [-0.25, -0.2) is 19.9 Å². The van der Waals surface area contributed by atoms with Gasteiger partial charge in [0.1, 0.15) is 24.3 Å². The summed E-state index contributed by atoms with van der Waals surface area (Å²) in [4.78, 5) is 50.9. The molecule has 2 saturated heterocycles. The van der Waals surface area contributed by atoms with E-state index in [0.29, 0.717) is 49.9 Å². The molecule has 6 heterocycles. The van der Waals surface area contributed by atoms with Gasteiger partial charge in [-0.15, -0.1) is 0 Å². The zero-order valence-electron chi connectivity index (χ0n) is 41.8. The van der Waals surface area contributed by atoms with E-state index >= 15 is 0 Å². The van der Waals surface area contributed by atoms with Gasteiger partial charge in [0.25, 0.3) is 0 Å². The van der Waals surface area contributed by atoms with Gasteiger partial charge in [0, 0.05) is 92.8 Å². The number of aromatic amines is 2. The molecule has 0 radical (unpaired) electrons. The largest absolute Gasteiger partial charge is 0.400 e. The number of aromatic nitrogens is 8. The van der Waals surface area contributed by atoms with Gasteiger partial charge < -0.3 is 24.7 Å². The van der Waals surface area contributed by atoms with Gasteiger partial charge in [0.05, 0.1) is 23.4 Å². The molecule has 16 heteroatoms. The molecular weight excluding hydrogens is 980 g/mol. The minimum absolute atomic E-state index is 0.00428. The second kappa shape index (κ2) is 24.7. The number of carbonyl (C=O) groups excluding carboxylic acids is 2. The summed E-state index contributed by atoms with van der Waals surface area (Å²) in [7, 11) is 1.00. The number of hydrogen-bond acceptors (Lipinski definition) is 11. The molecule has 4 aromatic heterocycles. The Morgan fingerprint density at radius 2 is 1.01 bits per heavy atom. The maximum atomic E-state index is 11.9. The van der Waals surface area contributed by atoms with E-state index < -0.39 is 0 Å². The highest BCUT2D eigenvalue weighted by molar-refractivity contribution is 14.1. The van der Waals surface area contributed by atoms with Crippen molar-refractivity contribution in [2.24, 2.45) is 11.8 Å². The fourth-order valence-electron chi connectivity index (χ4n) is 10.5. The second-order valence-corrected chi connectivity index (χ2v) is 19.3.